The molecule has 1 aromatic carbocycles. The maximum atomic E-state index is 12.6. The first-order valence-electron chi connectivity index (χ1n) is 6.81. The SMILES string of the molecule is CCCCN(C(=O)c1cccc(N)c1C)C1CC1. The molecule has 3 nitrogen and oxygen atoms in total. The fourth-order valence-electron chi connectivity index (χ4n) is 2.20. The Balaban J connectivity index is 2.19. The molecule has 0 heterocycles. The first-order valence-corrected chi connectivity index (χ1v) is 6.81. The van der Waals surface area contributed by atoms with E-state index in [4.69, 9.17) is 5.73 Å². The standard InChI is InChI=1S/C15H22N2O/c1-3-4-10-17(12-8-9-12)15(18)13-6-5-7-14(16)11(13)2/h5-7,12H,3-4,8-10,16H2,1-2H3. The van der Waals surface area contributed by atoms with Crippen molar-refractivity contribution in [1.29, 1.82) is 0 Å². The Kier molecular flexibility index (Phi) is 3.90. The van der Waals surface area contributed by atoms with Crippen molar-refractivity contribution in [2.75, 3.05) is 12.3 Å². The quantitative estimate of drug-likeness (QED) is 0.812. The van der Waals surface area contributed by atoms with Crippen LogP contribution in [0.1, 0.15) is 48.5 Å². The topological polar surface area (TPSA) is 46.3 Å². The maximum absolute atomic E-state index is 12.6. The van der Waals surface area contributed by atoms with Gasteiger partial charge in [-0.2, -0.15) is 0 Å². The molecule has 0 radical (unpaired) electrons. The number of anilines is 1. The molecule has 18 heavy (non-hydrogen) atoms. The highest BCUT2D eigenvalue weighted by Crippen LogP contribution is 2.29. The Morgan fingerprint density at radius 1 is 1.44 bits per heavy atom. The first-order chi connectivity index (χ1) is 8.65. The van der Waals surface area contributed by atoms with Crippen molar-refractivity contribution in [1.82, 2.24) is 4.90 Å². The molecule has 98 valence electrons. The normalized spacial score (nSPS) is 14.6. The molecule has 1 aliphatic rings. The third kappa shape index (κ3) is 2.66. The van der Waals surface area contributed by atoms with Crippen LogP contribution >= 0.6 is 0 Å². The summed E-state index contributed by atoms with van der Waals surface area (Å²) in [5.74, 6) is 0.149. The zero-order chi connectivity index (χ0) is 13.1. The van der Waals surface area contributed by atoms with Crippen LogP contribution in [0.15, 0.2) is 18.2 Å². The second-order valence-corrected chi connectivity index (χ2v) is 5.10. The van der Waals surface area contributed by atoms with E-state index in [0.29, 0.717) is 11.7 Å². The van der Waals surface area contributed by atoms with Gasteiger partial charge in [0, 0.05) is 23.8 Å². The molecule has 0 aromatic heterocycles. The fraction of sp³-hybridized carbons (Fsp3) is 0.533. The highest BCUT2D eigenvalue weighted by Gasteiger charge is 2.33. The minimum Gasteiger partial charge on any atom is -0.398 e. The molecule has 1 aromatic rings. The summed E-state index contributed by atoms with van der Waals surface area (Å²) >= 11 is 0. The van der Waals surface area contributed by atoms with E-state index < -0.39 is 0 Å². The van der Waals surface area contributed by atoms with Gasteiger partial charge in [0.15, 0.2) is 0 Å². The van der Waals surface area contributed by atoms with Gasteiger partial charge >= 0.3 is 0 Å². The number of nitrogens with zero attached hydrogens (tertiary/aromatic N) is 1. The highest BCUT2D eigenvalue weighted by molar-refractivity contribution is 5.97. The van der Waals surface area contributed by atoms with Crippen LogP contribution in [0.25, 0.3) is 0 Å². The molecule has 0 unspecified atom stereocenters. The van der Waals surface area contributed by atoms with E-state index in [1.807, 2.05) is 30.0 Å². The van der Waals surface area contributed by atoms with Crippen molar-refractivity contribution in [3.05, 3.63) is 29.3 Å². The Labute approximate surface area is 109 Å². The van der Waals surface area contributed by atoms with E-state index in [0.717, 1.165) is 43.4 Å². The third-order valence-electron chi connectivity index (χ3n) is 3.61. The van der Waals surface area contributed by atoms with E-state index >= 15 is 0 Å². The molecule has 2 rings (SSSR count). The van der Waals surface area contributed by atoms with Crippen LogP contribution in [-0.4, -0.2) is 23.4 Å². The monoisotopic (exact) mass is 246 g/mol. The van der Waals surface area contributed by atoms with Crippen LogP contribution in [0.3, 0.4) is 0 Å². The largest absolute Gasteiger partial charge is 0.398 e. The van der Waals surface area contributed by atoms with Gasteiger partial charge in [0.2, 0.25) is 0 Å². The number of nitrogens with two attached hydrogens (primary N) is 1. The van der Waals surface area contributed by atoms with Crippen LogP contribution in [0.5, 0.6) is 0 Å². The number of benzene rings is 1. The number of carbonyl (C=O) groups excluding carboxylic acids is 1. The van der Waals surface area contributed by atoms with Crippen molar-refractivity contribution >= 4 is 11.6 Å². The number of carbonyl (C=O) groups is 1. The van der Waals surface area contributed by atoms with Crippen molar-refractivity contribution in [3.63, 3.8) is 0 Å². The molecule has 1 saturated carbocycles. The van der Waals surface area contributed by atoms with E-state index in [1.54, 1.807) is 0 Å². The predicted octanol–water partition coefficient (Wildman–Crippen LogP) is 2.98. The lowest BCUT2D eigenvalue weighted by molar-refractivity contribution is 0.0740. The molecule has 0 bridgehead atoms. The summed E-state index contributed by atoms with van der Waals surface area (Å²) in [5.41, 5.74) is 8.25. The van der Waals surface area contributed by atoms with E-state index in [2.05, 4.69) is 6.92 Å². The third-order valence-corrected chi connectivity index (χ3v) is 3.61. The van der Waals surface area contributed by atoms with Gasteiger partial charge in [-0.15, -0.1) is 0 Å². The molecule has 1 fully saturated rings. The summed E-state index contributed by atoms with van der Waals surface area (Å²) in [6, 6.07) is 6.06. The number of hydrogen-bond donors (Lipinski definition) is 1. The lowest BCUT2D eigenvalue weighted by Gasteiger charge is -2.23. The zero-order valence-electron chi connectivity index (χ0n) is 11.3. The molecule has 1 aliphatic carbocycles. The second-order valence-electron chi connectivity index (χ2n) is 5.10. The van der Waals surface area contributed by atoms with Crippen molar-refractivity contribution in [2.45, 2.75) is 45.6 Å². The Hall–Kier alpha value is -1.51. The van der Waals surface area contributed by atoms with Crippen LogP contribution in [-0.2, 0) is 0 Å². The number of amides is 1. The van der Waals surface area contributed by atoms with Gasteiger partial charge in [0.1, 0.15) is 0 Å². The molecule has 0 aliphatic heterocycles. The zero-order valence-corrected chi connectivity index (χ0v) is 11.3. The summed E-state index contributed by atoms with van der Waals surface area (Å²) in [4.78, 5) is 14.6. The van der Waals surface area contributed by atoms with Gasteiger partial charge in [-0.3, -0.25) is 4.79 Å². The molecule has 0 spiro atoms. The molecule has 0 saturated heterocycles. The summed E-state index contributed by atoms with van der Waals surface area (Å²) in [6.07, 6.45) is 4.49. The van der Waals surface area contributed by atoms with Gasteiger partial charge in [0.05, 0.1) is 0 Å². The minimum atomic E-state index is 0.149. The minimum absolute atomic E-state index is 0.149. The number of rotatable bonds is 5. The summed E-state index contributed by atoms with van der Waals surface area (Å²) < 4.78 is 0. The molecule has 3 heteroatoms. The molecular weight excluding hydrogens is 224 g/mol. The van der Waals surface area contributed by atoms with Gasteiger partial charge in [-0.05, 0) is 43.9 Å². The average molecular weight is 246 g/mol. The second kappa shape index (κ2) is 5.42. The van der Waals surface area contributed by atoms with Crippen molar-refractivity contribution in [3.8, 4) is 0 Å². The molecule has 2 N–H and O–H groups in total. The Morgan fingerprint density at radius 2 is 2.17 bits per heavy atom. The lowest BCUT2D eigenvalue weighted by Crippen LogP contribution is -2.34. The van der Waals surface area contributed by atoms with Crippen LogP contribution in [0, 0.1) is 6.92 Å². The fourth-order valence-corrected chi connectivity index (χ4v) is 2.20. The van der Waals surface area contributed by atoms with Gasteiger partial charge in [-0.1, -0.05) is 19.4 Å². The van der Waals surface area contributed by atoms with Crippen LogP contribution in [0.4, 0.5) is 5.69 Å². The van der Waals surface area contributed by atoms with Crippen LogP contribution in [0.2, 0.25) is 0 Å². The van der Waals surface area contributed by atoms with E-state index in [-0.39, 0.29) is 5.91 Å². The Bertz CT molecular complexity index is 438. The number of hydrogen-bond acceptors (Lipinski definition) is 2. The van der Waals surface area contributed by atoms with Crippen LogP contribution < -0.4 is 5.73 Å². The lowest BCUT2D eigenvalue weighted by atomic mass is 10.1. The van der Waals surface area contributed by atoms with Gasteiger partial charge in [-0.25, -0.2) is 0 Å². The van der Waals surface area contributed by atoms with E-state index in [9.17, 15) is 4.79 Å². The van der Waals surface area contributed by atoms with Gasteiger partial charge < -0.3 is 10.6 Å². The summed E-state index contributed by atoms with van der Waals surface area (Å²) in [6.45, 7) is 4.95. The molecular formula is C15H22N2O. The molecule has 1 amide bonds. The predicted molar refractivity (Wildman–Crippen MR) is 74.6 cm³/mol. The smallest absolute Gasteiger partial charge is 0.254 e. The Morgan fingerprint density at radius 3 is 2.78 bits per heavy atom. The highest BCUT2D eigenvalue weighted by atomic mass is 16.2. The molecule has 0 atom stereocenters. The number of nitrogen functional groups attached to an aromatic ring is 1. The summed E-state index contributed by atoms with van der Waals surface area (Å²) in [7, 11) is 0. The van der Waals surface area contributed by atoms with Gasteiger partial charge in [0.25, 0.3) is 5.91 Å². The van der Waals surface area contributed by atoms with E-state index in [1.165, 1.54) is 0 Å². The first kappa shape index (κ1) is 12.9. The van der Waals surface area contributed by atoms with Crippen molar-refractivity contribution < 1.29 is 4.79 Å². The average Bonchev–Trinajstić information content (AvgIpc) is 3.17. The maximum Gasteiger partial charge on any atom is 0.254 e. The number of unbranched alkanes of at least 4 members (excludes halogenated alkanes) is 1. The summed E-state index contributed by atoms with van der Waals surface area (Å²) in [5, 5.41) is 0. The van der Waals surface area contributed by atoms with Crippen molar-refractivity contribution in [2.24, 2.45) is 0 Å².